The minimum atomic E-state index is 0.459. The SMILES string of the molecule is CNc1c(C(C)C)c(C)nc2c1ccc1ccccc12. The molecule has 0 aliphatic heterocycles. The van der Waals surface area contributed by atoms with E-state index in [4.69, 9.17) is 4.98 Å². The van der Waals surface area contributed by atoms with Crippen molar-refractivity contribution in [3.8, 4) is 0 Å². The molecule has 0 fully saturated rings. The van der Waals surface area contributed by atoms with Gasteiger partial charge >= 0.3 is 0 Å². The van der Waals surface area contributed by atoms with E-state index in [9.17, 15) is 0 Å². The number of pyridine rings is 1. The molecule has 2 aromatic carbocycles. The van der Waals surface area contributed by atoms with Gasteiger partial charge in [0, 0.05) is 29.2 Å². The summed E-state index contributed by atoms with van der Waals surface area (Å²) < 4.78 is 0. The van der Waals surface area contributed by atoms with E-state index in [2.05, 4.69) is 62.5 Å². The van der Waals surface area contributed by atoms with Crippen LogP contribution in [0.15, 0.2) is 36.4 Å². The molecule has 20 heavy (non-hydrogen) atoms. The molecule has 2 heteroatoms. The number of hydrogen-bond acceptors (Lipinski definition) is 2. The smallest absolute Gasteiger partial charge is 0.0804 e. The number of aryl methyl sites for hydroxylation is 1. The summed E-state index contributed by atoms with van der Waals surface area (Å²) in [6.45, 7) is 6.55. The molecule has 1 aromatic heterocycles. The standard InChI is InChI=1S/C18H20N2/c1-11(2)16-12(3)20-17-14-8-6-5-7-13(14)9-10-15(17)18(16)19-4/h5-11H,1-4H3,(H,19,20). The molecule has 3 aromatic rings. The quantitative estimate of drug-likeness (QED) is 0.668. The Labute approximate surface area is 119 Å². The van der Waals surface area contributed by atoms with Crippen molar-refractivity contribution in [2.75, 3.05) is 12.4 Å². The molecule has 1 heterocycles. The highest BCUT2D eigenvalue weighted by Gasteiger charge is 2.15. The Hall–Kier alpha value is -2.09. The fourth-order valence-electron chi connectivity index (χ4n) is 3.11. The van der Waals surface area contributed by atoms with E-state index in [0.717, 1.165) is 11.2 Å². The first-order valence-electron chi connectivity index (χ1n) is 7.13. The summed E-state index contributed by atoms with van der Waals surface area (Å²) in [5, 5.41) is 7.06. The fraction of sp³-hybridized carbons (Fsp3) is 0.278. The molecule has 0 radical (unpaired) electrons. The van der Waals surface area contributed by atoms with Crippen molar-refractivity contribution >= 4 is 27.4 Å². The van der Waals surface area contributed by atoms with Crippen molar-refractivity contribution in [3.05, 3.63) is 47.7 Å². The van der Waals surface area contributed by atoms with Gasteiger partial charge in [-0.3, -0.25) is 4.98 Å². The van der Waals surface area contributed by atoms with E-state index in [0.29, 0.717) is 5.92 Å². The predicted molar refractivity (Wildman–Crippen MR) is 87.6 cm³/mol. The van der Waals surface area contributed by atoms with E-state index >= 15 is 0 Å². The zero-order valence-electron chi connectivity index (χ0n) is 12.5. The minimum Gasteiger partial charge on any atom is -0.387 e. The number of anilines is 1. The molecule has 0 saturated heterocycles. The molecular weight excluding hydrogens is 244 g/mol. The van der Waals surface area contributed by atoms with Crippen LogP contribution < -0.4 is 5.32 Å². The van der Waals surface area contributed by atoms with Gasteiger partial charge < -0.3 is 5.32 Å². The van der Waals surface area contributed by atoms with Gasteiger partial charge in [-0.1, -0.05) is 50.2 Å². The molecule has 0 unspecified atom stereocenters. The Morgan fingerprint density at radius 1 is 1.00 bits per heavy atom. The first-order valence-corrected chi connectivity index (χ1v) is 7.13. The highest BCUT2D eigenvalue weighted by atomic mass is 14.8. The molecule has 2 nitrogen and oxygen atoms in total. The van der Waals surface area contributed by atoms with Gasteiger partial charge in [0.1, 0.15) is 0 Å². The van der Waals surface area contributed by atoms with Gasteiger partial charge in [-0.15, -0.1) is 0 Å². The number of fused-ring (bicyclic) bond motifs is 3. The molecule has 0 aliphatic rings. The summed E-state index contributed by atoms with van der Waals surface area (Å²) in [7, 11) is 2.00. The summed E-state index contributed by atoms with van der Waals surface area (Å²) >= 11 is 0. The minimum absolute atomic E-state index is 0.459. The van der Waals surface area contributed by atoms with Gasteiger partial charge in [-0.05, 0) is 23.8 Å². The molecule has 0 bridgehead atoms. The van der Waals surface area contributed by atoms with E-state index in [1.807, 2.05) is 7.05 Å². The van der Waals surface area contributed by atoms with Crippen LogP contribution in [-0.4, -0.2) is 12.0 Å². The highest BCUT2D eigenvalue weighted by Crippen LogP contribution is 2.35. The summed E-state index contributed by atoms with van der Waals surface area (Å²) in [5.74, 6) is 0.459. The van der Waals surface area contributed by atoms with Crippen LogP contribution in [0.2, 0.25) is 0 Å². The Bertz CT molecular complexity index is 788. The zero-order valence-corrected chi connectivity index (χ0v) is 12.5. The number of nitrogens with zero attached hydrogens (tertiary/aromatic N) is 1. The van der Waals surface area contributed by atoms with Crippen molar-refractivity contribution in [2.45, 2.75) is 26.7 Å². The second kappa shape index (κ2) is 4.78. The molecule has 0 amide bonds. The normalized spacial score (nSPS) is 11.4. The average Bonchev–Trinajstić information content (AvgIpc) is 2.45. The highest BCUT2D eigenvalue weighted by molar-refractivity contribution is 6.09. The van der Waals surface area contributed by atoms with Gasteiger partial charge in [0.05, 0.1) is 5.52 Å². The van der Waals surface area contributed by atoms with Gasteiger partial charge in [0.25, 0.3) is 0 Å². The van der Waals surface area contributed by atoms with Crippen molar-refractivity contribution in [3.63, 3.8) is 0 Å². The van der Waals surface area contributed by atoms with E-state index < -0.39 is 0 Å². The van der Waals surface area contributed by atoms with Crippen LogP contribution in [0.5, 0.6) is 0 Å². The largest absolute Gasteiger partial charge is 0.387 e. The lowest BCUT2D eigenvalue weighted by molar-refractivity contribution is 0.850. The van der Waals surface area contributed by atoms with Crippen LogP contribution in [0.3, 0.4) is 0 Å². The lowest BCUT2D eigenvalue weighted by atomic mass is 9.95. The summed E-state index contributed by atoms with van der Waals surface area (Å²) in [5.41, 5.74) is 4.74. The first-order chi connectivity index (χ1) is 9.63. The number of rotatable bonds is 2. The number of hydrogen-bond donors (Lipinski definition) is 1. The summed E-state index contributed by atoms with van der Waals surface area (Å²) in [6, 6.07) is 12.8. The lowest BCUT2D eigenvalue weighted by Gasteiger charge is -2.18. The van der Waals surface area contributed by atoms with Crippen LogP contribution >= 0.6 is 0 Å². The maximum absolute atomic E-state index is 4.89. The Balaban J connectivity index is 2.50. The lowest BCUT2D eigenvalue weighted by Crippen LogP contribution is -2.04. The van der Waals surface area contributed by atoms with Crippen LogP contribution in [0, 0.1) is 6.92 Å². The molecule has 0 spiro atoms. The van der Waals surface area contributed by atoms with Crippen molar-refractivity contribution < 1.29 is 0 Å². The average molecular weight is 264 g/mol. The third kappa shape index (κ3) is 1.83. The molecule has 0 atom stereocenters. The fourth-order valence-corrected chi connectivity index (χ4v) is 3.11. The third-order valence-electron chi connectivity index (χ3n) is 3.94. The van der Waals surface area contributed by atoms with E-state index in [1.165, 1.54) is 27.4 Å². The van der Waals surface area contributed by atoms with Gasteiger partial charge in [0.2, 0.25) is 0 Å². The second-order valence-corrected chi connectivity index (χ2v) is 5.57. The maximum Gasteiger partial charge on any atom is 0.0804 e. The van der Waals surface area contributed by atoms with E-state index in [-0.39, 0.29) is 0 Å². The maximum atomic E-state index is 4.89. The molecule has 0 aliphatic carbocycles. The van der Waals surface area contributed by atoms with Gasteiger partial charge in [0.15, 0.2) is 0 Å². The predicted octanol–water partition coefficient (Wildman–Crippen LogP) is 4.86. The third-order valence-corrected chi connectivity index (χ3v) is 3.94. The Morgan fingerprint density at radius 2 is 1.75 bits per heavy atom. The molecule has 102 valence electrons. The van der Waals surface area contributed by atoms with Gasteiger partial charge in [-0.2, -0.15) is 0 Å². The molecule has 3 rings (SSSR count). The summed E-state index contributed by atoms with van der Waals surface area (Å²) in [6.07, 6.45) is 0. The van der Waals surface area contributed by atoms with Crippen molar-refractivity contribution in [1.29, 1.82) is 0 Å². The van der Waals surface area contributed by atoms with Crippen molar-refractivity contribution in [2.24, 2.45) is 0 Å². The van der Waals surface area contributed by atoms with Crippen molar-refractivity contribution in [1.82, 2.24) is 4.98 Å². The van der Waals surface area contributed by atoms with Crippen LogP contribution in [0.4, 0.5) is 5.69 Å². The van der Waals surface area contributed by atoms with Crippen LogP contribution in [0.25, 0.3) is 21.7 Å². The number of nitrogens with one attached hydrogen (secondary N) is 1. The summed E-state index contributed by atoms with van der Waals surface area (Å²) in [4.78, 5) is 4.89. The number of benzene rings is 2. The van der Waals surface area contributed by atoms with Gasteiger partial charge in [-0.25, -0.2) is 0 Å². The second-order valence-electron chi connectivity index (χ2n) is 5.57. The van der Waals surface area contributed by atoms with Crippen LogP contribution in [0.1, 0.15) is 31.0 Å². The van der Waals surface area contributed by atoms with Crippen LogP contribution in [-0.2, 0) is 0 Å². The number of aromatic nitrogens is 1. The first kappa shape index (κ1) is 12.9. The molecular formula is C18H20N2. The zero-order chi connectivity index (χ0) is 14.3. The molecule has 0 saturated carbocycles. The topological polar surface area (TPSA) is 24.9 Å². The Morgan fingerprint density at radius 3 is 2.45 bits per heavy atom. The molecule has 1 N–H and O–H groups in total. The van der Waals surface area contributed by atoms with E-state index in [1.54, 1.807) is 0 Å². The monoisotopic (exact) mass is 264 g/mol. The Kier molecular flexibility index (Phi) is 3.09.